The second-order valence-electron chi connectivity index (χ2n) is 6.27. The Kier molecular flexibility index (Phi) is 4.49. The number of carbonyl (C=O) groups excluding carboxylic acids is 2. The SMILES string of the molecule is O=C1C(=O)N(c2cccc3cccnc23)CCN1Cc1ccc(F)cc1Cl. The van der Waals surface area contributed by atoms with Gasteiger partial charge in [0, 0.05) is 36.2 Å². The molecular weight excluding hydrogens is 369 g/mol. The second kappa shape index (κ2) is 6.96. The van der Waals surface area contributed by atoms with Crippen molar-refractivity contribution >= 4 is 40.0 Å². The highest BCUT2D eigenvalue weighted by molar-refractivity contribution is 6.41. The van der Waals surface area contributed by atoms with Crippen LogP contribution in [0, 0.1) is 5.82 Å². The Hall–Kier alpha value is -2.99. The van der Waals surface area contributed by atoms with Crippen LogP contribution < -0.4 is 4.90 Å². The van der Waals surface area contributed by atoms with Crippen molar-refractivity contribution in [3.05, 3.63) is 71.1 Å². The van der Waals surface area contributed by atoms with Gasteiger partial charge in [0.1, 0.15) is 5.82 Å². The molecule has 0 spiro atoms. The van der Waals surface area contributed by atoms with Gasteiger partial charge in [0.15, 0.2) is 0 Å². The molecule has 0 unspecified atom stereocenters. The van der Waals surface area contributed by atoms with Gasteiger partial charge in [0.05, 0.1) is 11.2 Å². The van der Waals surface area contributed by atoms with Crippen LogP contribution >= 0.6 is 11.6 Å². The van der Waals surface area contributed by atoms with Gasteiger partial charge in [-0.25, -0.2) is 4.39 Å². The van der Waals surface area contributed by atoms with Crippen LogP contribution in [0.4, 0.5) is 10.1 Å². The monoisotopic (exact) mass is 383 g/mol. The fourth-order valence-corrected chi connectivity index (χ4v) is 3.44. The van der Waals surface area contributed by atoms with Gasteiger partial charge < -0.3 is 9.80 Å². The normalized spacial score (nSPS) is 14.9. The lowest BCUT2D eigenvalue weighted by atomic mass is 10.1. The minimum atomic E-state index is -0.616. The van der Waals surface area contributed by atoms with Crippen LogP contribution in [0.5, 0.6) is 0 Å². The zero-order valence-electron chi connectivity index (χ0n) is 14.2. The number of anilines is 1. The number of carbonyl (C=O) groups is 2. The van der Waals surface area contributed by atoms with E-state index in [4.69, 9.17) is 11.6 Å². The molecule has 27 heavy (non-hydrogen) atoms. The Morgan fingerprint density at radius 1 is 1.04 bits per heavy atom. The Morgan fingerprint density at radius 3 is 2.67 bits per heavy atom. The Labute approximate surface area is 160 Å². The van der Waals surface area contributed by atoms with Gasteiger partial charge in [-0.2, -0.15) is 0 Å². The summed E-state index contributed by atoms with van der Waals surface area (Å²) in [6.45, 7) is 0.853. The molecule has 136 valence electrons. The van der Waals surface area contributed by atoms with E-state index in [0.717, 1.165) is 5.39 Å². The topological polar surface area (TPSA) is 53.5 Å². The molecule has 5 nitrogen and oxygen atoms in total. The summed E-state index contributed by atoms with van der Waals surface area (Å²) < 4.78 is 13.2. The largest absolute Gasteiger partial charge is 0.328 e. The summed E-state index contributed by atoms with van der Waals surface area (Å²) in [6.07, 6.45) is 1.66. The fraction of sp³-hybridized carbons (Fsp3) is 0.150. The maximum absolute atomic E-state index is 13.2. The smallest absolute Gasteiger partial charge is 0.316 e. The molecule has 0 radical (unpaired) electrons. The number of hydrogen-bond acceptors (Lipinski definition) is 3. The summed E-state index contributed by atoms with van der Waals surface area (Å²) in [5.41, 5.74) is 1.89. The van der Waals surface area contributed by atoms with Crippen molar-refractivity contribution in [3.8, 4) is 0 Å². The molecular formula is C20H15ClFN3O2. The predicted molar refractivity (Wildman–Crippen MR) is 101 cm³/mol. The maximum atomic E-state index is 13.2. The first-order valence-electron chi connectivity index (χ1n) is 8.43. The average Bonchev–Trinajstić information content (AvgIpc) is 2.67. The van der Waals surface area contributed by atoms with Gasteiger partial charge in [0.25, 0.3) is 0 Å². The predicted octanol–water partition coefficient (Wildman–Crippen LogP) is 3.40. The van der Waals surface area contributed by atoms with Crippen LogP contribution in [0.3, 0.4) is 0 Å². The average molecular weight is 384 g/mol. The number of halogens is 2. The molecule has 0 saturated carbocycles. The van der Waals surface area contributed by atoms with Gasteiger partial charge in [-0.05, 0) is 29.8 Å². The van der Waals surface area contributed by atoms with Crippen LogP contribution in [0.1, 0.15) is 5.56 Å². The number of fused-ring (bicyclic) bond motifs is 1. The third-order valence-electron chi connectivity index (χ3n) is 4.59. The first kappa shape index (κ1) is 17.4. The molecule has 0 atom stereocenters. The van der Waals surface area contributed by atoms with Crippen molar-refractivity contribution < 1.29 is 14.0 Å². The van der Waals surface area contributed by atoms with E-state index in [2.05, 4.69) is 4.98 Å². The standard InChI is InChI=1S/C20H15ClFN3O2/c21-16-11-15(22)7-6-14(16)12-24-9-10-25(20(27)19(24)26)17-5-1-3-13-4-2-8-23-18(13)17/h1-8,11H,9-10,12H2. The Bertz CT molecular complexity index is 1050. The van der Waals surface area contributed by atoms with E-state index in [-0.39, 0.29) is 11.6 Å². The number of pyridine rings is 1. The summed E-state index contributed by atoms with van der Waals surface area (Å²) in [4.78, 5) is 32.6. The molecule has 0 aliphatic carbocycles. The molecule has 3 aromatic rings. The summed E-state index contributed by atoms with van der Waals surface area (Å²) in [5, 5.41) is 1.13. The van der Waals surface area contributed by atoms with Crippen LogP contribution in [-0.4, -0.2) is 34.8 Å². The molecule has 1 aliphatic rings. The molecule has 1 fully saturated rings. The van der Waals surface area contributed by atoms with E-state index in [1.54, 1.807) is 12.3 Å². The van der Waals surface area contributed by atoms with Crippen molar-refractivity contribution in [2.45, 2.75) is 6.54 Å². The quantitative estimate of drug-likeness (QED) is 0.651. The molecule has 2 amide bonds. The first-order chi connectivity index (χ1) is 13.0. The lowest BCUT2D eigenvalue weighted by molar-refractivity contribution is -0.146. The highest BCUT2D eigenvalue weighted by Crippen LogP contribution is 2.27. The van der Waals surface area contributed by atoms with E-state index >= 15 is 0 Å². The minimum Gasteiger partial charge on any atom is -0.328 e. The number of nitrogens with zero attached hydrogens (tertiary/aromatic N) is 3. The van der Waals surface area contributed by atoms with Crippen molar-refractivity contribution in [2.24, 2.45) is 0 Å². The van der Waals surface area contributed by atoms with E-state index in [0.29, 0.717) is 29.9 Å². The maximum Gasteiger partial charge on any atom is 0.316 e. The van der Waals surface area contributed by atoms with E-state index in [1.807, 2.05) is 24.3 Å². The zero-order valence-corrected chi connectivity index (χ0v) is 15.0. The fourth-order valence-electron chi connectivity index (χ4n) is 3.22. The van der Waals surface area contributed by atoms with Crippen molar-refractivity contribution in [1.82, 2.24) is 9.88 Å². The molecule has 2 aromatic carbocycles. The van der Waals surface area contributed by atoms with Crippen molar-refractivity contribution in [1.29, 1.82) is 0 Å². The number of benzene rings is 2. The van der Waals surface area contributed by atoms with Gasteiger partial charge in [0.2, 0.25) is 0 Å². The lowest BCUT2D eigenvalue weighted by Gasteiger charge is -2.34. The van der Waals surface area contributed by atoms with E-state index in [9.17, 15) is 14.0 Å². The van der Waals surface area contributed by atoms with Crippen LogP contribution in [-0.2, 0) is 16.1 Å². The molecule has 1 saturated heterocycles. The molecule has 0 N–H and O–H groups in total. The second-order valence-corrected chi connectivity index (χ2v) is 6.68. The van der Waals surface area contributed by atoms with Crippen LogP contribution in [0.2, 0.25) is 5.02 Å². The number of rotatable bonds is 3. The van der Waals surface area contributed by atoms with Gasteiger partial charge >= 0.3 is 11.8 Å². The van der Waals surface area contributed by atoms with Crippen LogP contribution in [0.25, 0.3) is 10.9 Å². The minimum absolute atomic E-state index is 0.158. The Morgan fingerprint density at radius 2 is 1.85 bits per heavy atom. The summed E-state index contributed by atoms with van der Waals surface area (Å²) in [6, 6.07) is 13.3. The molecule has 0 bridgehead atoms. The molecule has 2 heterocycles. The van der Waals surface area contributed by atoms with Crippen molar-refractivity contribution in [2.75, 3.05) is 18.0 Å². The highest BCUT2D eigenvalue weighted by Gasteiger charge is 2.34. The molecule has 4 rings (SSSR count). The lowest BCUT2D eigenvalue weighted by Crippen LogP contribution is -2.54. The number of aromatic nitrogens is 1. The summed E-state index contributed by atoms with van der Waals surface area (Å²) in [5.74, 6) is -1.67. The molecule has 1 aromatic heterocycles. The third-order valence-corrected chi connectivity index (χ3v) is 4.94. The van der Waals surface area contributed by atoms with Crippen LogP contribution in [0.15, 0.2) is 54.7 Å². The highest BCUT2D eigenvalue weighted by atomic mass is 35.5. The summed E-state index contributed by atoms with van der Waals surface area (Å²) >= 11 is 6.04. The number of hydrogen-bond donors (Lipinski definition) is 0. The van der Waals surface area contributed by atoms with E-state index in [1.165, 1.54) is 28.0 Å². The van der Waals surface area contributed by atoms with E-state index < -0.39 is 17.6 Å². The zero-order chi connectivity index (χ0) is 19.0. The van der Waals surface area contributed by atoms with Crippen molar-refractivity contribution in [3.63, 3.8) is 0 Å². The van der Waals surface area contributed by atoms with Gasteiger partial charge in [-0.1, -0.05) is 35.9 Å². The summed E-state index contributed by atoms with van der Waals surface area (Å²) in [7, 11) is 0. The van der Waals surface area contributed by atoms with Gasteiger partial charge in [-0.3, -0.25) is 14.6 Å². The molecule has 7 heteroatoms. The number of amides is 2. The number of piperazine rings is 1. The third kappa shape index (κ3) is 3.24. The first-order valence-corrected chi connectivity index (χ1v) is 8.81. The van der Waals surface area contributed by atoms with Gasteiger partial charge in [-0.15, -0.1) is 0 Å². The number of para-hydroxylation sites is 1. The Balaban J connectivity index is 1.59. The molecule has 1 aliphatic heterocycles.